The topological polar surface area (TPSA) is 20.2 Å². The minimum Gasteiger partial charge on any atom is -0.392 e. The van der Waals surface area contributed by atoms with Gasteiger partial charge in [0.05, 0.1) is 6.61 Å². The first-order valence-electron chi connectivity index (χ1n) is 5.53. The molecule has 2 rings (SSSR count). The standard InChI is InChI=1S/C15H12BrClO/c16-13-5-1-11(2-6-13)15(9-10-18)12-3-7-14(17)8-4-12/h1-9,18H,10H2/b15-9-. The van der Waals surface area contributed by atoms with Crippen molar-refractivity contribution in [2.24, 2.45) is 0 Å². The summed E-state index contributed by atoms with van der Waals surface area (Å²) < 4.78 is 1.03. The van der Waals surface area contributed by atoms with Crippen molar-refractivity contribution in [3.8, 4) is 0 Å². The second-order valence-corrected chi connectivity index (χ2v) is 5.17. The van der Waals surface area contributed by atoms with Gasteiger partial charge in [0.2, 0.25) is 0 Å². The number of aliphatic hydroxyl groups is 1. The minimum atomic E-state index is 0.00796. The van der Waals surface area contributed by atoms with E-state index in [4.69, 9.17) is 16.7 Å². The predicted octanol–water partition coefficient (Wildman–Crippen LogP) is 4.53. The fraction of sp³-hybridized carbons (Fsp3) is 0.0667. The Morgan fingerprint density at radius 3 is 2.00 bits per heavy atom. The SMILES string of the molecule is OC/C=C(\c1ccc(Cl)cc1)c1ccc(Br)cc1. The highest BCUT2D eigenvalue weighted by atomic mass is 79.9. The first-order valence-corrected chi connectivity index (χ1v) is 6.70. The molecule has 0 saturated carbocycles. The van der Waals surface area contributed by atoms with Crippen molar-refractivity contribution < 1.29 is 5.11 Å². The molecule has 92 valence electrons. The summed E-state index contributed by atoms with van der Waals surface area (Å²) in [5.41, 5.74) is 3.10. The van der Waals surface area contributed by atoms with Crippen molar-refractivity contribution in [1.82, 2.24) is 0 Å². The van der Waals surface area contributed by atoms with Gasteiger partial charge in [-0.3, -0.25) is 0 Å². The van der Waals surface area contributed by atoms with Crippen LogP contribution in [0.25, 0.3) is 5.57 Å². The van der Waals surface area contributed by atoms with Gasteiger partial charge in [-0.1, -0.05) is 57.9 Å². The van der Waals surface area contributed by atoms with Gasteiger partial charge in [-0.2, -0.15) is 0 Å². The molecule has 0 atom stereocenters. The van der Waals surface area contributed by atoms with Gasteiger partial charge in [0.25, 0.3) is 0 Å². The van der Waals surface area contributed by atoms with Gasteiger partial charge < -0.3 is 5.11 Å². The summed E-state index contributed by atoms with van der Waals surface area (Å²) in [6.45, 7) is 0.00796. The Labute approximate surface area is 120 Å². The molecular weight excluding hydrogens is 312 g/mol. The van der Waals surface area contributed by atoms with Gasteiger partial charge in [-0.25, -0.2) is 0 Å². The minimum absolute atomic E-state index is 0.00796. The molecule has 0 heterocycles. The summed E-state index contributed by atoms with van der Waals surface area (Å²) in [5, 5.41) is 9.86. The summed E-state index contributed by atoms with van der Waals surface area (Å²) >= 11 is 9.30. The van der Waals surface area contributed by atoms with Crippen LogP contribution in [0.3, 0.4) is 0 Å². The third-order valence-corrected chi connectivity index (χ3v) is 3.39. The monoisotopic (exact) mass is 322 g/mol. The van der Waals surface area contributed by atoms with Crippen LogP contribution in [-0.4, -0.2) is 11.7 Å². The zero-order valence-electron chi connectivity index (χ0n) is 9.61. The Morgan fingerprint density at radius 2 is 1.50 bits per heavy atom. The highest BCUT2D eigenvalue weighted by molar-refractivity contribution is 9.10. The van der Waals surface area contributed by atoms with Crippen LogP contribution in [0.4, 0.5) is 0 Å². The fourth-order valence-electron chi connectivity index (χ4n) is 1.75. The zero-order chi connectivity index (χ0) is 13.0. The van der Waals surface area contributed by atoms with Crippen LogP contribution in [0.2, 0.25) is 5.02 Å². The quantitative estimate of drug-likeness (QED) is 0.880. The maximum atomic E-state index is 9.16. The number of hydrogen-bond donors (Lipinski definition) is 1. The van der Waals surface area contributed by atoms with Crippen LogP contribution in [-0.2, 0) is 0 Å². The molecule has 0 aliphatic rings. The van der Waals surface area contributed by atoms with Gasteiger partial charge in [0.15, 0.2) is 0 Å². The molecule has 2 aromatic carbocycles. The number of rotatable bonds is 3. The van der Waals surface area contributed by atoms with Crippen LogP contribution < -0.4 is 0 Å². The van der Waals surface area contributed by atoms with E-state index in [0.29, 0.717) is 5.02 Å². The smallest absolute Gasteiger partial charge is 0.0621 e. The Morgan fingerprint density at radius 1 is 1.00 bits per heavy atom. The molecular formula is C15H12BrClO. The van der Waals surface area contributed by atoms with Gasteiger partial charge >= 0.3 is 0 Å². The Kier molecular flexibility index (Phi) is 4.59. The van der Waals surface area contributed by atoms with E-state index in [1.54, 1.807) is 6.08 Å². The molecule has 0 bridgehead atoms. The number of hydrogen-bond acceptors (Lipinski definition) is 1. The first kappa shape index (κ1) is 13.3. The van der Waals surface area contributed by atoms with Gasteiger partial charge in [0, 0.05) is 9.50 Å². The molecule has 0 spiro atoms. The summed E-state index contributed by atoms with van der Waals surface area (Å²) in [7, 11) is 0. The first-order chi connectivity index (χ1) is 8.70. The Bertz CT molecular complexity index is 496. The van der Waals surface area contributed by atoms with Crippen LogP contribution in [0.1, 0.15) is 11.1 Å². The number of aliphatic hydroxyl groups excluding tert-OH is 1. The molecule has 0 fully saturated rings. The normalized spacial score (nSPS) is 11.6. The number of benzene rings is 2. The van der Waals surface area contributed by atoms with Crippen molar-refractivity contribution >= 4 is 33.1 Å². The largest absolute Gasteiger partial charge is 0.392 e. The molecule has 18 heavy (non-hydrogen) atoms. The van der Waals surface area contributed by atoms with Gasteiger partial charge in [-0.15, -0.1) is 0 Å². The van der Waals surface area contributed by atoms with Crippen molar-refractivity contribution in [2.75, 3.05) is 6.61 Å². The lowest BCUT2D eigenvalue weighted by molar-refractivity contribution is 0.343. The Hall–Kier alpha value is -1.09. The molecule has 0 aliphatic heterocycles. The van der Waals surface area contributed by atoms with Crippen molar-refractivity contribution in [1.29, 1.82) is 0 Å². The molecule has 0 unspecified atom stereocenters. The van der Waals surface area contributed by atoms with E-state index in [9.17, 15) is 0 Å². The van der Waals surface area contributed by atoms with E-state index in [-0.39, 0.29) is 6.61 Å². The average molecular weight is 324 g/mol. The third-order valence-electron chi connectivity index (χ3n) is 2.61. The van der Waals surface area contributed by atoms with E-state index in [1.165, 1.54) is 0 Å². The van der Waals surface area contributed by atoms with Gasteiger partial charge in [0.1, 0.15) is 0 Å². The highest BCUT2D eigenvalue weighted by Gasteiger charge is 2.04. The summed E-state index contributed by atoms with van der Waals surface area (Å²) in [5.74, 6) is 0. The highest BCUT2D eigenvalue weighted by Crippen LogP contribution is 2.25. The second kappa shape index (κ2) is 6.19. The van der Waals surface area contributed by atoms with Gasteiger partial charge in [-0.05, 0) is 41.0 Å². The second-order valence-electron chi connectivity index (χ2n) is 3.81. The summed E-state index contributed by atoms with van der Waals surface area (Å²) in [4.78, 5) is 0. The maximum Gasteiger partial charge on any atom is 0.0621 e. The number of halogens is 2. The summed E-state index contributed by atoms with van der Waals surface area (Å²) in [6, 6.07) is 15.6. The lowest BCUT2D eigenvalue weighted by atomic mass is 9.98. The average Bonchev–Trinajstić information content (AvgIpc) is 2.39. The van der Waals surface area contributed by atoms with E-state index < -0.39 is 0 Å². The van der Waals surface area contributed by atoms with Crippen molar-refractivity contribution in [2.45, 2.75) is 0 Å². The lowest BCUT2D eigenvalue weighted by Crippen LogP contribution is -1.90. The van der Waals surface area contributed by atoms with Crippen LogP contribution >= 0.6 is 27.5 Å². The molecule has 0 aromatic heterocycles. The molecule has 2 aromatic rings. The van der Waals surface area contributed by atoms with E-state index in [2.05, 4.69) is 15.9 Å². The fourth-order valence-corrected chi connectivity index (χ4v) is 2.14. The van der Waals surface area contributed by atoms with Crippen molar-refractivity contribution in [3.63, 3.8) is 0 Å². The van der Waals surface area contributed by atoms with Crippen LogP contribution in [0.5, 0.6) is 0 Å². The zero-order valence-corrected chi connectivity index (χ0v) is 11.9. The van der Waals surface area contributed by atoms with Crippen LogP contribution in [0, 0.1) is 0 Å². The third kappa shape index (κ3) is 3.22. The predicted molar refractivity (Wildman–Crippen MR) is 79.8 cm³/mol. The molecule has 1 N–H and O–H groups in total. The van der Waals surface area contributed by atoms with Crippen LogP contribution in [0.15, 0.2) is 59.1 Å². The maximum absolute atomic E-state index is 9.16. The molecule has 3 heteroatoms. The molecule has 0 radical (unpaired) electrons. The van der Waals surface area contributed by atoms with E-state index >= 15 is 0 Å². The van der Waals surface area contributed by atoms with E-state index in [1.807, 2.05) is 48.5 Å². The summed E-state index contributed by atoms with van der Waals surface area (Å²) in [6.07, 6.45) is 1.80. The lowest BCUT2D eigenvalue weighted by Gasteiger charge is -2.08. The molecule has 0 aliphatic carbocycles. The molecule has 1 nitrogen and oxygen atoms in total. The molecule has 0 amide bonds. The van der Waals surface area contributed by atoms with Crippen molar-refractivity contribution in [3.05, 3.63) is 75.2 Å². The van der Waals surface area contributed by atoms with E-state index in [0.717, 1.165) is 21.2 Å². The Balaban J connectivity index is 2.43. The molecule has 0 saturated heterocycles.